The standard InChI is InChI=1S/C51H75N3O6/c1-19-31-22-34(46(4,5)6)40(55)37(25-31)49(13,14)28-52-43(58)53(29-50(15,16)38-26-32(20-2)23-35(41(38)56)47(7,8)9)45(60)54(44(52)59)30-51(17,18)39-27-33(21-3)24-36(42(39)57)48(10,11)12/h22-27,55-57H,19-21,28-30H2,1-18H3. The van der Waals surface area contributed by atoms with Crippen LogP contribution >= 0.6 is 0 Å². The first-order valence-corrected chi connectivity index (χ1v) is 21.8. The van der Waals surface area contributed by atoms with Crippen molar-refractivity contribution in [1.29, 1.82) is 0 Å². The summed E-state index contributed by atoms with van der Waals surface area (Å²) in [6, 6.07) is 11.9. The molecule has 1 aromatic heterocycles. The van der Waals surface area contributed by atoms with E-state index in [4.69, 9.17) is 0 Å². The Hall–Kier alpha value is -4.53. The van der Waals surface area contributed by atoms with Crippen LogP contribution < -0.4 is 17.1 Å². The van der Waals surface area contributed by atoms with Crippen molar-refractivity contribution in [3.63, 3.8) is 0 Å². The second-order valence-electron chi connectivity index (χ2n) is 22.2. The Labute approximate surface area is 359 Å². The van der Waals surface area contributed by atoms with Crippen molar-refractivity contribution in [2.45, 2.75) is 196 Å². The van der Waals surface area contributed by atoms with E-state index in [0.29, 0.717) is 16.7 Å². The van der Waals surface area contributed by atoms with Gasteiger partial charge in [-0.05, 0) is 68.9 Å². The molecule has 0 radical (unpaired) electrons. The predicted octanol–water partition coefficient (Wildman–Crippen LogP) is 9.80. The molecule has 0 atom stereocenters. The molecule has 9 heteroatoms. The highest BCUT2D eigenvalue weighted by Gasteiger charge is 2.36. The first kappa shape index (κ1) is 48.1. The summed E-state index contributed by atoms with van der Waals surface area (Å²) < 4.78 is 3.40. The summed E-state index contributed by atoms with van der Waals surface area (Å²) in [4.78, 5) is 44.8. The van der Waals surface area contributed by atoms with Gasteiger partial charge < -0.3 is 15.3 Å². The molecule has 0 bridgehead atoms. The van der Waals surface area contributed by atoms with Crippen LogP contribution in [0.25, 0.3) is 0 Å². The molecule has 60 heavy (non-hydrogen) atoms. The highest BCUT2D eigenvalue weighted by atomic mass is 16.3. The zero-order chi connectivity index (χ0) is 45.9. The number of aromatic hydroxyl groups is 3. The topological polar surface area (TPSA) is 127 Å². The van der Waals surface area contributed by atoms with Gasteiger partial charge in [-0.2, -0.15) is 0 Å². The summed E-state index contributed by atoms with van der Waals surface area (Å²) in [6.07, 6.45) is 2.17. The van der Waals surface area contributed by atoms with Gasteiger partial charge >= 0.3 is 17.1 Å². The summed E-state index contributed by atoms with van der Waals surface area (Å²) in [5.74, 6) is 0.363. The maximum absolute atomic E-state index is 14.9. The van der Waals surface area contributed by atoms with Crippen molar-refractivity contribution < 1.29 is 15.3 Å². The van der Waals surface area contributed by atoms with Gasteiger partial charge in [0.15, 0.2) is 0 Å². The summed E-state index contributed by atoms with van der Waals surface area (Å²) in [7, 11) is 0. The molecule has 0 aliphatic heterocycles. The van der Waals surface area contributed by atoms with E-state index in [0.717, 1.165) is 66.3 Å². The van der Waals surface area contributed by atoms with Crippen LogP contribution in [0, 0.1) is 0 Å². The number of phenolic OH excluding ortho intramolecular Hbond substituents is 3. The van der Waals surface area contributed by atoms with Crippen molar-refractivity contribution in [3.05, 3.63) is 118 Å². The van der Waals surface area contributed by atoms with Gasteiger partial charge in [-0.25, -0.2) is 28.1 Å². The lowest BCUT2D eigenvalue weighted by atomic mass is 9.77. The molecular weight excluding hydrogens is 751 g/mol. The highest BCUT2D eigenvalue weighted by Crippen LogP contribution is 2.43. The molecule has 4 aromatic rings. The maximum atomic E-state index is 14.9. The van der Waals surface area contributed by atoms with E-state index >= 15 is 0 Å². The van der Waals surface area contributed by atoms with Crippen LogP contribution in [0.1, 0.15) is 175 Å². The Morgan fingerprint density at radius 2 is 0.550 bits per heavy atom. The molecule has 0 aliphatic carbocycles. The molecule has 3 N–H and O–H groups in total. The number of nitrogens with zero attached hydrogens (tertiary/aromatic N) is 3. The maximum Gasteiger partial charge on any atom is 0.336 e. The van der Waals surface area contributed by atoms with Gasteiger partial charge in [-0.1, -0.05) is 161 Å². The summed E-state index contributed by atoms with van der Waals surface area (Å²) in [6.45, 7) is 35.5. The Morgan fingerprint density at radius 1 is 0.367 bits per heavy atom. The molecule has 0 aliphatic rings. The number of aromatic nitrogens is 3. The zero-order valence-electron chi connectivity index (χ0n) is 40.1. The van der Waals surface area contributed by atoms with E-state index in [-0.39, 0.29) is 53.1 Å². The number of hydrogen-bond acceptors (Lipinski definition) is 6. The van der Waals surface area contributed by atoms with Crippen LogP contribution in [0.4, 0.5) is 0 Å². The molecule has 1 heterocycles. The SMILES string of the molecule is CCc1cc(C(C)(C)C)c(O)c(C(C)(C)Cn2c(=O)n(CC(C)(C)c3cc(CC)cc(C(C)(C)C)c3O)c(=O)n(CC(C)(C)c3cc(CC)cc(C(C)(C)C)c3O)c2=O)c1. The third-order valence-corrected chi connectivity index (χ3v) is 12.4. The summed E-state index contributed by atoms with van der Waals surface area (Å²) in [5.41, 5.74) is 0.905. The van der Waals surface area contributed by atoms with Crippen LogP contribution in [0.3, 0.4) is 0 Å². The Balaban J connectivity index is 2.07. The number of hydrogen-bond donors (Lipinski definition) is 3. The highest BCUT2D eigenvalue weighted by molar-refractivity contribution is 5.52. The number of rotatable bonds is 12. The van der Waals surface area contributed by atoms with E-state index in [1.165, 1.54) is 0 Å². The minimum absolute atomic E-state index is 0.121. The molecule has 0 spiro atoms. The Kier molecular flexibility index (Phi) is 13.2. The fourth-order valence-corrected chi connectivity index (χ4v) is 8.49. The molecule has 0 amide bonds. The number of phenols is 3. The average molecular weight is 826 g/mol. The van der Waals surface area contributed by atoms with Crippen molar-refractivity contribution in [3.8, 4) is 17.2 Å². The van der Waals surface area contributed by atoms with Gasteiger partial charge in [0.25, 0.3) is 0 Å². The number of benzene rings is 3. The number of aryl methyl sites for hydroxylation is 3. The van der Waals surface area contributed by atoms with Gasteiger partial charge in [-0.3, -0.25) is 0 Å². The molecule has 0 saturated carbocycles. The van der Waals surface area contributed by atoms with Gasteiger partial charge in [0.2, 0.25) is 0 Å². The van der Waals surface area contributed by atoms with Crippen molar-refractivity contribution in [2.24, 2.45) is 0 Å². The second kappa shape index (κ2) is 16.4. The fraction of sp³-hybridized carbons (Fsp3) is 0.588. The summed E-state index contributed by atoms with van der Waals surface area (Å²) in [5, 5.41) is 35.5. The minimum atomic E-state index is -0.950. The van der Waals surface area contributed by atoms with E-state index < -0.39 is 33.3 Å². The van der Waals surface area contributed by atoms with E-state index in [9.17, 15) is 29.7 Å². The zero-order valence-corrected chi connectivity index (χ0v) is 40.1. The largest absolute Gasteiger partial charge is 0.507 e. The van der Waals surface area contributed by atoms with E-state index in [1.54, 1.807) is 0 Å². The molecule has 0 saturated heterocycles. The Morgan fingerprint density at radius 3 is 0.717 bits per heavy atom. The van der Waals surface area contributed by atoms with E-state index in [1.807, 2.05) is 140 Å². The van der Waals surface area contributed by atoms with Gasteiger partial charge in [0, 0.05) is 52.6 Å². The third-order valence-electron chi connectivity index (χ3n) is 12.4. The van der Waals surface area contributed by atoms with Gasteiger partial charge in [0.1, 0.15) is 17.2 Å². The van der Waals surface area contributed by atoms with Crippen LogP contribution in [-0.2, 0) is 71.4 Å². The van der Waals surface area contributed by atoms with Crippen molar-refractivity contribution in [2.75, 3.05) is 0 Å². The quantitative estimate of drug-likeness (QED) is 0.131. The van der Waals surface area contributed by atoms with Gasteiger partial charge in [-0.15, -0.1) is 0 Å². The fourth-order valence-electron chi connectivity index (χ4n) is 8.49. The molecule has 9 nitrogen and oxygen atoms in total. The normalized spacial score (nSPS) is 13.3. The van der Waals surface area contributed by atoms with Crippen molar-refractivity contribution >= 4 is 0 Å². The van der Waals surface area contributed by atoms with Crippen LogP contribution in [0.5, 0.6) is 17.2 Å². The molecule has 0 unspecified atom stereocenters. The molecular formula is C51H75N3O6. The second-order valence-corrected chi connectivity index (χ2v) is 22.2. The first-order valence-electron chi connectivity index (χ1n) is 21.8. The lowest BCUT2D eigenvalue weighted by Crippen LogP contribution is -2.58. The van der Waals surface area contributed by atoms with E-state index in [2.05, 4.69) is 20.8 Å². The molecule has 4 rings (SSSR count). The van der Waals surface area contributed by atoms with Crippen molar-refractivity contribution in [1.82, 2.24) is 13.7 Å². The smallest absolute Gasteiger partial charge is 0.336 e. The minimum Gasteiger partial charge on any atom is -0.507 e. The molecule has 3 aromatic carbocycles. The van der Waals surface area contributed by atoms with Crippen LogP contribution in [0.15, 0.2) is 50.8 Å². The first-order chi connectivity index (χ1) is 27.2. The molecule has 330 valence electrons. The lowest BCUT2D eigenvalue weighted by Gasteiger charge is -2.33. The monoisotopic (exact) mass is 826 g/mol. The summed E-state index contributed by atoms with van der Waals surface area (Å²) >= 11 is 0. The Bertz CT molecular complexity index is 2140. The third kappa shape index (κ3) is 9.50. The van der Waals surface area contributed by atoms with Crippen LogP contribution in [0.2, 0.25) is 0 Å². The van der Waals surface area contributed by atoms with Gasteiger partial charge in [0.05, 0.1) is 0 Å². The predicted molar refractivity (Wildman–Crippen MR) is 247 cm³/mol. The molecule has 0 fully saturated rings. The lowest BCUT2D eigenvalue weighted by molar-refractivity contribution is 0.308. The van der Waals surface area contributed by atoms with Crippen LogP contribution in [-0.4, -0.2) is 29.0 Å². The average Bonchev–Trinajstić information content (AvgIpc) is 3.12.